The van der Waals surface area contributed by atoms with Crippen molar-refractivity contribution in [2.24, 2.45) is 0 Å². The second kappa shape index (κ2) is 7.88. The number of anilines is 3. The molecule has 3 nitrogen and oxygen atoms in total. The van der Waals surface area contributed by atoms with Gasteiger partial charge in [-0.15, -0.1) is 0 Å². The molecule has 0 aliphatic heterocycles. The molecule has 6 rings (SSSR count). The largest absolute Gasteiger partial charge is 0.456 e. The van der Waals surface area contributed by atoms with Gasteiger partial charge in [-0.25, -0.2) is 0 Å². The van der Waals surface area contributed by atoms with E-state index in [0.29, 0.717) is 16.9 Å². The normalized spacial score (nSPS) is 15.4. The molecule has 0 bridgehead atoms. The lowest BCUT2D eigenvalue weighted by Crippen LogP contribution is -2.00. The molecule has 5 aromatic carbocycles. The zero-order chi connectivity index (χ0) is 30.9. The number of nitrogens with one attached hydrogen (secondary N) is 1. The van der Waals surface area contributed by atoms with Crippen LogP contribution in [-0.4, -0.2) is 0 Å². The van der Waals surface area contributed by atoms with Crippen molar-refractivity contribution in [2.75, 3.05) is 11.1 Å². The summed E-state index contributed by atoms with van der Waals surface area (Å²) >= 11 is 0. The molecule has 1 aromatic heterocycles. The van der Waals surface area contributed by atoms with Crippen LogP contribution < -0.4 is 11.1 Å². The van der Waals surface area contributed by atoms with Crippen molar-refractivity contribution in [1.82, 2.24) is 0 Å². The van der Waals surface area contributed by atoms with Crippen molar-refractivity contribution >= 4 is 39.0 Å². The molecule has 0 amide bonds. The summed E-state index contributed by atoms with van der Waals surface area (Å²) in [6.45, 7) is 0. The molecule has 1 heterocycles. The molecule has 0 aliphatic carbocycles. The van der Waals surface area contributed by atoms with Crippen LogP contribution in [0.1, 0.15) is 13.7 Å². The van der Waals surface area contributed by atoms with E-state index in [0.717, 1.165) is 10.8 Å². The number of benzene rings is 5. The molecule has 3 heteroatoms. The number of furan rings is 1. The predicted octanol–water partition coefficient (Wildman–Crippen LogP) is 8.25. The van der Waals surface area contributed by atoms with Gasteiger partial charge in [-0.05, 0) is 23.3 Å². The van der Waals surface area contributed by atoms with Crippen LogP contribution in [-0.2, 0) is 0 Å². The molecule has 0 spiro atoms. The first-order valence-corrected chi connectivity index (χ1v) is 10.2. The Balaban J connectivity index is 1.70. The van der Waals surface area contributed by atoms with E-state index in [9.17, 15) is 0 Å². The van der Waals surface area contributed by atoms with Gasteiger partial charge in [0.25, 0.3) is 0 Å². The van der Waals surface area contributed by atoms with E-state index in [2.05, 4.69) is 5.32 Å². The number of hydrogen-bond acceptors (Lipinski definition) is 3. The fourth-order valence-corrected chi connectivity index (χ4v) is 3.90. The third kappa shape index (κ3) is 3.40. The maximum absolute atomic E-state index is 8.63. The molecular formula is C30H22N2O. The molecule has 0 radical (unpaired) electrons. The lowest BCUT2D eigenvalue weighted by Gasteiger charge is -2.19. The summed E-state index contributed by atoms with van der Waals surface area (Å²) in [6.07, 6.45) is 0. The number of hydrogen-bond donors (Lipinski definition) is 2. The average molecular weight is 437 g/mol. The monoisotopic (exact) mass is 436 g/mol. The van der Waals surface area contributed by atoms with Crippen molar-refractivity contribution in [1.29, 1.82) is 0 Å². The Kier molecular flexibility index (Phi) is 2.72. The van der Waals surface area contributed by atoms with Crippen LogP contribution in [0.4, 0.5) is 17.1 Å². The number of fused-ring (bicyclic) bond motifs is 3. The highest BCUT2D eigenvalue weighted by Gasteiger charge is 2.15. The smallest absolute Gasteiger partial charge is 0.137 e. The SMILES string of the molecule is [2H]c1c([2H])c([2H])c(-c2cccc(-c3c([2H])c([2H])c([2H])c([2H])c3[2H])c2Nc2cc3c(cc2N)oc2ccccc23)c([2H])c1[2H]. The molecule has 0 atom stereocenters. The highest BCUT2D eigenvalue weighted by atomic mass is 16.3. The van der Waals surface area contributed by atoms with Crippen molar-refractivity contribution in [3.8, 4) is 22.3 Å². The minimum Gasteiger partial charge on any atom is -0.456 e. The molecular weight excluding hydrogens is 404 g/mol. The highest BCUT2D eigenvalue weighted by molar-refractivity contribution is 6.08. The van der Waals surface area contributed by atoms with Crippen molar-refractivity contribution in [3.63, 3.8) is 0 Å². The third-order valence-electron chi connectivity index (χ3n) is 5.41. The standard InChI is InChI=1S/C30H22N2O/c31-26-19-29-25(24-14-7-8-17-28(24)33-29)18-27(26)32-30-22(20-10-3-1-4-11-20)15-9-16-23(30)21-12-5-2-6-13-21/h1-19,32H,31H2/i1D,2D,3D,4D,5D,6D,10D,11D,12D,13D. The van der Waals surface area contributed by atoms with Crippen molar-refractivity contribution in [3.05, 3.63) is 115 Å². The lowest BCUT2D eigenvalue weighted by molar-refractivity contribution is 0.669. The first-order chi connectivity index (χ1) is 20.4. The summed E-state index contributed by atoms with van der Waals surface area (Å²) in [4.78, 5) is 0. The van der Waals surface area contributed by atoms with Crippen molar-refractivity contribution < 1.29 is 18.1 Å². The van der Waals surface area contributed by atoms with Gasteiger partial charge >= 0.3 is 0 Å². The first-order valence-electron chi connectivity index (χ1n) is 15.2. The highest BCUT2D eigenvalue weighted by Crippen LogP contribution is 2.41. The van der Waals surface area contributed by atoms with Crippen LogP contribution in [0.25, 0.3) is 44.2 Å². The van der Waals surface area contributed by atoms with E-state index in [1.165, 1.54) is 18.2 Å². The van der Waals surface area contributed by atoms with Crippen LogP contribution in [0.15, 0.2) is 119 Å². The Morgan fingerprint density at radius 2 is 1.30 bits per heavy atom. The average Bonchev–Trinajstić information content (AvgIpc) is 3.35. The minimum atomic E-state index is -0.559. The van der Waals surface area contributed by atoms with E-state index in [1.807, 2.05) is 24.3 Å². The fraction of sp³-hybridized carbons (Fsp3) is 0. The van der Waals surface area contributed by atoms with Gasteiger partial charge in [0.2, 0.25) is 0 Å². The third-order valence-corrected chi connectivity index (χ3v) is 5.41. The molecule has 0 fully saturated rings. The summed E-state index contributed by atoms with van der Waals surface area (Å²) in [6, 6.07) is 10.3. The van der Waals surface area contributed by atoms with Crippen LogP contribution in [0, 0.1) is 0 Å². The molecule has 6 aromatic rings. The summed E-state index contributed by atoms with van der Waals surface area (Å²) in [5.41, 5.74) is 8.44. The topological polar surface area (TPSA) is 51.2 Å². The van der Waals surface area contributed by atoms with E-state index < -0.39 is 60.4 Å². The number of nitrogens with two attached hydrogens (primary N) is 1. The van der Waals surface area contributed by atoms with Crippen molar-refractivity contribution in [2.45, 2.75) is 0 Å². The van der Waals surface area contributed by atoms with Gasteiger partial charge in [0, 0.05) is 28.0 Å². The molecule has 33 heavy (non-hydrogen) atoms. The Bertz CT molecular complexity index is 2000. The first kappa shape index (κ1) is 11.4. The Morgan fingerprint density at radius 3 is 1.97 bits per heavy atom. The molecule has 0 aliphatic rings. The number of rotatable bonds is 4. The second-order valence-corrected chi connectivity index (χ2v) is 7.39. The van der Waals surface area contributed by atoms with Gasteiger partial charge in [-0.3, -0.25) is 0 Å². The van der Waals surface area contributed by atoms with Gasteiger partial charge < -0.3 is 15.5 Å². The summed E-state index contributed by atoms with van der Waals surface area (Å²) < 4.78 is 89.5. The number of para-hydroxylation sites is 2. The Morgan fingerprint density at radius 1 is 0.667 bits per heavy atom. The summed E-state index contributed by atoms with van der Waals surface area (Å²) in [5.74, 6) is 0. The molecule has 158 valence electrons. The van der Waals surface area contributed by atoms with Gasteiger partial charge in [-0.1, -0.05) is 96.8 Å². The fourth-order valence-electron chi connectivity index (χ4n) is 3.90. The van der Waals surface area contributed by atoms with E-state index in [1.54, 1.807) is 12.1 Å². The molecule has 0 saturated carbocycles. The maximum Gasteiger partial charge on any atom is 0.137 e. The lowest BCUT2D eigenvalue weighted by atomic mass is 9.95. The Hall–Kier alpha value is -4.50. The van der Waals surface area contributed by atoms with E-state index in [4.69, 9.17) is 23.9 Å². The molecule has 3 N–H and O–H groups in total. The maximum atomic E-state index is 8.63. The Labute approximate surface area is 206 Å². The van der Waals surface area contributed by atoms with Gasteiger partial charge in [-0.2, -0.15) is 0 Å². The van der Waals surface area contributed by atoms with Gasteiger partial charge in [0.1, 0.15) is 11.2 Å². The zero-order valence-electron chi connectivity index (χ0n) is 27.2. The van der Waals surface area contributed by atoms with Crippen LogP contribution in [0.2, 0.25) is 0 Å². The summed E-state index contributed by atoms with van der Waals surface area (Å²) in [7, 11) is 0. The predicted molar refractivity (Wildman–Crippen MR) is 139 cm³/mol. The van der Waals surface area contributed by atoms with E-state index >= 15 is 0 Å². The van der Waals surface area contributed by atoms with Crippen LogP contribution in [0.3, 0.4) is 0 Å². The van der Waals surface area contributed by atoms with Gasteiger partial charge in [0.15, 0.2) is 0 Å². The second-order valence-electron chi connectivity index (χ2n) is 7.39. The molecule has 0 saturated heterocycles. The van der Waals surface area contributed by atoms with Crippen LogP contribution in [0.5, 0.6) is 0 Å². The van der Waals surface area contributed by atoms with E-state index in [-0.39, 0.29) is 33.6 Å². The molecule has 0 unspecified atom stereocenters. The number of nitrogen functional groups attached to an aromatic ring is 1. The quantitative estimate of drug-likeness (QED) is 0.274. The minimum absolute atomic E-state index is 0.129. The zero-order valence-corrected chi connectivity index (χ0v) is 17.2. The van der Waals surface area contributed by atoms with Crippen LogP contribution >= 0.6 is 0 Å². The summed E-state index contributed by atoms with van der Waals surface area (Å²) in [5, 5.41) is 4.79. The van der Waals surface area contributed by atoms with Gasteiger partial charge in [0.05, 0.1) is 30.8 Å².